The third kappa shape index (κ3) is 4.16. The molecule has 1 amide bonds. The van der Waals surface area contributed by atoms with E-state index in [0.29, 0.717) is 38.0 Å². The second kappa shape index (κ2) is 8.28. The zero-order valence-corrected chi connectivity index (χ0v) is 17.2. The van der Waals surface area contributed by atoms with E-state index in [-0.39, 0.29) is 17.5 Å². The average molecular weight is 410 g/mol. The van der Waals surface area contributed by atoms with Gasteiger partial charge in [-0.25, -0.2) is 4.39 Å². The second-order valence-electron chi connectivity index (χ2n) is 8.36. The Hall–Kier alpha value is -2.57. The zero-order valence-electron chi connectivity index (χ0n) is 17.2. The molecule has 0 bridgehead atoms. The molecule has 5 nitrogen and oxygen atoms in total. The molecule has 0 aromatic heterocycles. The van der Waals surface area contributed by atoms with Crippen molar-refractivity contribution in [3.05, 3.63) is 65.0 Å². The summed E-state index contributed by atoms with van der Waals surface area (Å²) in [5, 5.41) is 11.1. The van der Waals surface area contributed by atoms with E-state index in [9.17, 15) is 19.1 Å². The minimum Gasteiger partial charge on any atom is -0.385 e. The minimum absolute atomic E-state index is 0.0195. The topological polar surface area (TPSA) is 60.9 Å². The van der Waals surface area contributed by atoms with Gasteiger partial charge in [0, 0.05) is 31.3 Å². The first-order chi connectivity index (χ1) is 14.4. The number of Topliss-reactive ketones (excluding diaryl/α,β-unsaturated/α-hetero) is 1. The maximum atomic E-state index is 13.2. The molecular weight excluding hydrogens is 383 g/mol. The number of aliphatic hydroxyl groups is 1. The van der Waals surface area contributed by atoms with E-state index in [0.717, 1.165) is 36.2 Å². The first-order valence-electron chi connectivity index (χ1n) is 10.5. The summed E-state index contributed by atoms with van der Waals surface area (Å²) in [6.45, 7) is 3.85. The smallest absolute Gasteiger partial charge is 0.223 e. The van der Waals surface area contributed by atoms with Crippen LogP contribution in [0.15, 0.2) is 42.5 Å². The summed E-state index contributed by atoms with van der Waals surface area (Å²) in [7, 11) is 0. The Bertz CT molecular complexity index is 959. The molecule has 0 radical (unpaired) electrons. The number of anilines is 1. The van der Waals surface area contributed by atoms with Crippen LogP contribution in [-0.4, -0.2) is 47.9 Å². The average Bonchev–Trinajstić information content (AvgIpc) is 3.06. The van der Waals surface area contributed by atoms with E-state index < -0.39 is 5.60 Å². The third-order valence-electron chi connectivity index (χ3n) is 6.33. The highest BCUT2D eigenvalue weighted by molar-refractivity contribution is 6.00. The van der Waals surface area contributed by atoms with Crippen LogP contribution in [0, 0.1) is 5.82 Å². The molecule has 1 fully saturated rings. The zero-order chi connectivity index (χ0) is 21.3. The van der Waals surface area contributed by atoms with Gasteiger partial charge in [-0.2, -0.15) is 0 Å². The number of rotatable bonds is 4. The van der Waals surface area contributed by atoms with E-state index in [1.165, 1.54) is 12.1 Å². The van der Waals surface area contributed by atoms with Crippen molar-refractivity contribution in [2.45, 2.75) is 38.2 Å². The van der Waals surface area contributed by atoms with Crippen molar-refractivity contribution in [3.8, 4) is 0 Å². The maximum Gasteiger partial charge on any atom is 0.223 e. The van der Waals surface area contributed by atoms with E-state index in [2.05, 4.69) is 4.90 Å². The molecule has 4 rings (SSSR count). The Kier molecular flexibility index (Phi) is 5.71. The highest BCUT2D eigenvalue weighted by Crippen LogP contribution is 2.33. The number of ketones is 1. The fourth-order valence-corrected chi connectivity index (χ4v) is 4.58. The van der Waals surface area contributed by atoms with Crippen LogP contribution >= 0.6 is 0 Å². The number of nitrogens with zero attached hydrogens (tertiary/aromatic N) is 2. The van der Waals surface area contributed by atoms with Crippen LogP contribution in [0.5, 0.6) is 0 Å². The van der Waals surface area contributed by atoms with Crippen LogP contribution in [0.3, 0.4) is 0 Å². The van der Waals surface area contributed by atoms with Gasteiger partial charge in [0.05, 0.1) is 12.1 Å². The van der Waals surface area contributed by atoms with E-state index >= 15 is 0 Å². The van der Waals surface area contributed by atoms with Crippen LogP contribution in [0.1, 0.15) is 47.7 Å². The van der Waals surface area contributed by atoms with Gasteiger partial charge in [0.1, 0.15) is 5.82 Å². The summed E-state index contributed by atoms with van der Waals surface area (Å²) in [6.07, 6.45) is 2.62. The molecule has 2 aliphatic rings. The molecule has 1 atom stereocenters. The lowest BCUT2D eigenvalue weighted by Gasteiger charge is -2.27. The fourth-order valence-electron chi connectivity index (χ4n) is 4.58. The standard InChI is InChI=1S/C24H27FN2O3/c1-17(28)27-13-9-18-15-19(3-8-22(18)27)23(29)16-26-12-2-10-24(30,11-14-26)20-4-6-21(25)7-5-20/h3-8,15,30H,2,9-14,16H2,1H3. The quantitative estimate of drug-likeness (QED) is 0.786. The Morgan fingerprint density at radius 3 is 2.57 bits per heavy atom. The van der Waals surface area contributed by atoms with Gasteiger partial charge >= 0.3 is 0 Å². The number of benzene rings is 2. The van der Waals surface area contributed by atoms with Crippen LogP contribution in [0.25, 0.3) is 0 Å². The van der Waals surface area contributed by atoms with Gasteiger partial charge in [-0.05, 0) is 73.7 Å². The summed E-state index contributed by atoms with van der Waals surface area (Å²) < 4.78 is 13.2. The Labute approximate surface area is 176 Å². The lowest BCUT2D eigenvalue weighted by atomic mass is 9.87. The number of fused-ring (bicyclic) bond motifs is 1. The fraction of sp³-hybridized carbons (Fsp3) is 0.417. The number of hydrogen-bond acceptors (Lipinski definition) is 4. The Morgan fingerprint density at radius 1 is 1.07 bits per heavy atom. The molecule has 1 unspecified atom stereocenters. The molecule has 0 aliphatic carbocycles. The summed E-state index contributed by atoms with van der Waals surface area (Å²) in [5.74, 6) is -0.249. The summed E-state index contributed by atoms with van der Waals surface area (Å²) in [6, 6.07) is 11.6. The molecule has 6 heteroatoms. The van der Waals surface area contributed by atoms with Gasteiger partial charge in [0.2, 0.25) is 5.91 Å². The molecule has 1 N–H and O–H groups in total. The predicted molar refractivity (Wildman–Crippen MR) is 113 cm³/mol. The second-order valence-corrected chi connectivity index (χ2v) is 8.36. The minimum atomic E-state index is -0.991. The van der Waals surface area contributed by atoms with Crippen molar-refractivity contribution in [1.29, 1.82) is 0 Å². The molecule has 2 aliphatic heterocycles. The van der Waals surface area contributed by atoms with Crippen molar-refractivity contribution in [2.75, 3.05) is 31.1 Å². The highest BCUT2D eigenvalue weighted by atomic mass is 19.1. The van der Waals surface area contributed by atoms with E-state index in [1.807, 2.05) is 12.1 Å². The van der Waals surface area contributed by atoms with E-state index in [4.69, 9.17) is 0 Å². The van der Waals surface area contributed by atoms with Crippen LogP contribution in [0.2, 0.25) is 0 Å². The van der Waals surface area contributed by atoms with Crippen molar-refractivity contribution in [3.63, 3.8) is 0 Å². The van der Waals surface area contributed by atoms with Gasteiger partial charge in [-0.15, -0.1) is 0 Å². The molecule has 1 saturated heterocycles. The Balaban J connectivity index is 1.41. The number of likely N-dealkylation sites (tertiary alicyclic amines) is 1. The SMILES string of the molecule is CC(=O)N1CCc2cc(C(=O)CN3CCCC(O)(c4ccc(F)cc4)CC3)ccc21. The first-order valence-corrected chi connectivity index (χ1v) is 10.5. The molecule has 30 heavy (non-hydrogen) atoms. The molecule has 0 saturated carbocycles. The molecule has 158 valence electrons. The van der Waals surface area contributed by atoms with Gasteiger partial charge in [0.25, 0.3) is 0 Å². The van der Waals surface area contributed by atoms with Gasteiger partial charge < -0.3 is 10.0 Å². The summed E-state index contributed by atoms with van der Waals surface area (Å²) >= 11 is 0. The van der Waals surface area contributed by atoms with Crippen LogP contribution in [0.4, 0.5) is 10.1 Å². The summed E-state index contributed by atoms with van der Waals surface area (Å²) in [4.78, 5) is 28.4. The van der Waals surface area contributed by atoms with Gasteiger partial charge in [-0.1, -0.05) is 12.1 Å². The Morgan fingerprint density at radius 2 is 1.83 bits per heavy atom. The number of amides is 1. The monoisotopic (exact) mass is 410 g/mol. The normalized spacial score (nSPS) is 21.9. The number of halogens is 1. The van der Waals surface area contributed by atoms with Gasteiger partial charge in [0.15, 0.2) is 5.78 Å². The molecule has 2 heterocycles. The highest BCUT2D eigenvalue weighted by Gasteiger charge is 2.32. The van der Waals surface area contributed by atoms with Gasteiger partial charge in [-0.3, -0.25) is 14.5 Å². The van der Waals surface area contributed by atoms with E-state index in [1.54, 1.807) is 30.0 Å². The number of hydrogen-bond donors (Lipinski definition) is 1. The molecule has 0 spiro atoms. The predicted octanol–water partition coefficient (Wildman–Crippen LogP) is 3.29. The number of carbonyl (C=O) groups is 2. The lowest BCUT2D eigenvalue weighted by Crippen LogP contribution is -2.33. The van der Waals surface area contributed by atoms with Crippen LogP contribution in [-0.2, 0) is 16.8 Å². The maximum absolute atomic E-state index is 13.2. The number of carbonyl (C=O) groups excluding carboxylic acids is 2. The third-order valence-corrected chi connectivity index (χ3v) is 6.33. The largest absolute Gasteiger partial charge is 0.385 e. The summed E-state index contributed by atoms with van der Waals surface area (Å²) in [5.41, 5.74) is 2.34. The van der Waals surface area contributed by atoms with Crippen molar-refractivity contribution in [1.82, 2.24) is 4.90 Å². The van der Waals surface area contributed by atoms with Crippen molar-refractivity contribution < 1.29 is 19.1 Å². The molecule has 2 aromatic carbocycles. The lowest BCUT2D eigenvalue weighted by molar-refractivity contribution is -0.116. The van der Waals surface area contributed by atoms with Crippen molar-refractivity contribution >= 4 is 17.4 Å². The van der Waals surface area contributed by atoms with Crippen molar-refractivity contribution in [2.24, 2.45) is 0 Å². The first kappa shape index (κ1) is 20.7. The van der Waals surface area contributed by atoms with Crippen LogP contribution < -0.4 is 4.90 Å². The molecule has 2 aromatic rings. The molecular formula is C24H27FN2O3.